The molecule has 39 heavy (non-hydrogen) atoms. The van der Waals surface area contributed by atoms with E-state index in [1.165, 1.54) is 31.2 Å². The average Bonchev–Trinajstić information content (AvgIpc) is 3.33. The molecule has 2 aromatic carbocycles. The van der Waals surface area contributed by atoms with Gasteiger partial charge < -0.3 is 0 Å². The van der Waals surface area contributed by atoms with Crippen LogP contribution in [0.5, 0.6) is 0 Å². The third-order valence-corrected chi connectivity index (χ3v) is 9.09. The van der Waals surface area contributed by atoms with Gasteiger partial charge in [0, 0.05) is 10.5 Å². The number of aromatic nitrogens is 2. The van der Waals surface area contributed by atoms with Gasteiger partial charge in [0.25, 0.3) is 31.5 Å². The summed E-state index contributed by atoms with van der Waals surface area (Å²) in [4.78, 5) is 26.6. The molecule has 0 spiro atoms. The third-order valence-electron chi connectivity index (χ3n) is 5.58. The minimum absolute atomic E-state index is 0.0327. The van der Waals surface area contributed by atoms with Gasteiger partial charge in [0.15, 0.2) is 10.1 Å². The number of rotatable bonds is 5. The predicted octanol–water partition coefficient (Wildman–Crippen LogP) is 4.39. The molecule has 2 amide bonds. The first-order valence-corrected chi connectivity index (χ1v) is 14.0. The number of anilines is 1. The maximum Gasteiger partial charge on any atom is 0.503 e. The van der Waals surface area contributed by atoms with Crippen molar-refractivity contribution < 1.29 is 52.8 Å². The van der Waals surface area contributed by atoms with E-state index in [0.29, 0.717) is 4.47 Å². The number of sulfone groups is 2. The molecule has 0 bridgehead atoms. The van der Waals surface area contributed by atoms with Crippen molar-refractivity contribution in [1.82, 2.24) is 9.78 Å². The number of hydrogen-bond donors (Lipinski definition) is 0. The molecule has 0 atom stereocenters. The van der Waals surface area contributed by atoms with E-state index < -0.39 is 59.1 Å². The van der Waals surface area contributed by atoms with Gasteiger partial charge in [-0.15, -0.1) is 0 Å². The van der Waals surface area contributed by atoms with E-state index in [4.69, 9.17) is 0 Å². The zero-order chi connectivity index (χ0) is 29.3. The fourth-order valence-corrected chi connectivity index (χ4v) is 5.99. The first kappa shape index (κ1) is 28.8. The van der Waals surface area contributed by atoms with Crippen molar-refractivity contribution in [3.8, 4) is 0 Å². The Kier molecular flexibility index (Phi) is 6.75. The van der Waals surface area contributed by atoms with Crippen LogP contribution in [0.1, 0.15) is 31.8 Å². The lowest BCUT2D eigenvalue weighted by Gasteiger charge is -2.18. The molecule has 3 aromatic rings. The highest BCUT2D eigenvalue weighted by atomic mass is 79.9. The molecule has 0 saturated heterocycles. The summed E-state index contributed by atoms with van der Waals surface area (Å²) in [5.74, 6) is -1.34. The highest BCUT2D eigenvalue weighted by molar-refractivity contribution is 9.10. The van der Waals surface area contributed by atoms with E-state index in [-0.39, 0.29) is 38.7 Å². The lowest BCUT2D eigenvalue weighted by molar-refractivity contribution is -0.0444. The van der Waals surface area contributed by atoms with Crippen LogP contribution in [0.3, 0.4) is 0 Å². The highest BCUT2D eigenvalue weighted by Gasteiger charge is 2.53. The summed E-state index contributed by atoms with van der Waals surface area (Å²) in [6, 6.07) is 7.79. The molecule has 9 nitrogen and oxygen atoms in total. The van der Waals surface area contributed by atoms with Crippen LogP contribution in [0.4, 0.5) is 32.0 Å². The molecule has 0 fully saturated rings. The standard InChI is InChI=1S/C21H12BrF6N3O6S2/c1-10-7-11(5-6-14(10)31-18(32)12-3-2-4-13(22)17(12)19(31)33)9-30-16(39(36,37)21(26,27)28)8-15(29-30)38(34,35)20(23,24)25/h2-8H,9H2,1H3. The summed E-state index contributed by atoms with van der Waals surface area (Å²) in [7, 11) is -12.6. The molecule has 208 valence electrons. The Morgan fingerprint density at radius 3 is 2.03 bits per heavy atom. The number of nitrogens with zero attached hydrogens (tertiary/aromatic N) is 3. The van der Waals surface area contributed by atoms with Crippen LogP contribution in [-0.2, 0) is 26.2 Å². The molecule has 4 rings (SSSR count). The molecule has 18 heteroatoms. The summed E-state index contributed by atoms with van der Waals surface area (Å²) >= 11 is 3.20. The summed E-state index contributed by atoms with van der Waals surface area (Å²) in [6.45, 7) is 0.500. The maximum atomic E-state index is 13.2. The second-order valence-corrected chi connectivity index (χ2v) is 12.7. The van der Waals surface area contributed by atoms with Crippen LogP contribution in [-0.4, -0.2) is 49.4 Å². The van der Waals surface area contributed by atoms with Crippen molar-refractivity contribution >= 4 is 53.1 Å². The summed E-state index contributed by atoms with van der Waals surface area (Å²) in [6.07, 6.45) is 0. The first-order chi connectivity index (χ1) is 17.8. The number of aryl methyl sites for hydroxylation is 1. The number of halogens is 7. The van der Waals surface area contributed by atoms with Crippen molar-refractivity contribution in [2.75, 3.05) is 4.90 Å². The number of hydrogen-bond acceptors (Lipinski definition) is 7. The number of fused-ring (bicyclic) bond motifs is 1. The van der Waals surface area contributed by atoms with Crippen molar-refractivity contribution in [2.45, 2.75) is 34.5 Å². The van der Waals surface area contributed by atoms with E-state index in [0.717, 1.165) is 11.0 Å². The Bertz CT molecular complexity index is 1770. The lowest BCUT2D eigenvalue weighted by Crippen LogP contribution is -2.30. The van der Waals surface area contributed by atoms with Gasteiger partial charge in [-0.3, -0.25) is 9.59 Å². The fourth-order valence-electron chi connectivity index (χ4n) is 3.78. The molecule has 1 aliphatic rings. The van der Waals surface area contributed by atoms with Gasteiger partial charge in [-0.1, -0.05) is 18.2 Å². The topological polar surface area (TPSA) is 123 Å². The molecular weight excluding hydrogens is 648 g/mol. The SMILES string of the molecule is Cc1cc(Cn2nc(S(=O)(=O)C(F)(F)F)cc2S(=O)(=O)C(F)(F)F)ccc1N1C(=O)c2cccc(Br)c2C1=O. The largest absolute Gasteiger partial charge is 0.503 e. The number of carbonyl (C=O) groups excluding carboxylic acids is 2. The van der Waals surface area contributed by atoms with Gasteiger partial charge in [-0.2, -0.15) is 31.4 Å². The molecule has 0 N–H and O–H groups in total. The maximum absolute atomic E-state index is 13.2. The summed E-state index contributed by atoms with van der Waals surface area (Å²) in [5.41, 5.74) is -11.5. The van der Waals surface area contributed by atoms with Crippen LogP contribution in [0.2, 0.25) is 0 Å². The van der Waals surface area contributed by atoms with Gasteiger partial charge in [0.05, 0.1) is 23.4 Å². The molecule has 2 heterocycles. The van der Waals surface area contributed by atoms with Crippen molar-refractivity contribution in [3.63, 3.8) is 0 Å². The number of benzene rings is 2. The monoisotopic (exact) mass is 659 g/mol. The second kappa shape index (κ2) is 9.16. The van der Waals surface area contributed by atoms with Gasteiger partial charge in [0.2, 0.25) is 0 Å². The van der Waals surface area contributed by atoms with E-state index in [2.05, 4.69) is 21.0 Å². The highest BCUT2D eigenvalue weighted by Crippen LogP contribution is 2.37. The third kappa shape index (κ3) is 4.63. The Labute approximate surface area is 224 Å². The number of imide groups is 1. The van der Waals surface area contributed by atoms with Gasteiger partial charge in [-0.25, -0.2) is 26.4 Å². The lowest BCUT2D eigenvalue weighted by atomic mass is 10.1. The molecule has 0 unspecified atom stereocenters. The summed E-state index contributed by atoms with van der Waals surface area (Å²) < 4.78 is 126. The fraction of sp³-hybridized carbons (Fsp3) is 0.190. The van der Waals surface area contributed by atoms with Crippen molar-refractivity contribution in [2.24, 2.45) is 0 Å². The van der Waals surface area contributed by atoms with Gasteiger partial charge >= 0.3 is 11.0 Å². The summed E-state index contributed by atoms with van der Waals surface area (Å²) in [5, 5.41) is -0.751. The number of carbonyl (C=O) groups is 2. The first-order valence-electron chi connectivity index (χ1n) is 10.3. The Morgan fingerprint density at radius 2 is 1.49 bits per heavy atom. The minimum Gasteiger partial charge on any atom is -0.268 e. The second-order valence-electron chi connectivity index (χ2n) is 8.11. The zero-order valence-corrected chi connectivity index (χ0v) is 22.2. The predicted molar refractivity (Wildman–Crippen MR) is 124 cm³/mol. The van der Waals surface area contributed by atoms with E-state index in [1.54, 1.807) is 6.07 Å². The van der Waals surface area contributed by atoms with Gasteiger partial charge in [-0.05, 0) is 52.2 Å². The molecule has 1 aliphatic heterocycles. The van der Waals surface area contributed by atoms with E-state index in [9.17, 15) is 52.8 Å². The Morgan fingerprint density at radius 1 is 0.872 bits per heavy atom. The smallest absolute Gasteiger partial charge is 0.268 e. The Balaban J connectivity index is 1.77. The van der Waals surface area contributed by atoms with Crippen molar-refractivity contribution in [1.29, 1.82) is 0 Å². The van der Waals surface area contributed by atoms with Crippen LogP contribution in [0, 0.1) is 6.92 Å². The molecular formula is C21H12BrF6N3O6S2. The molecule has 0 saturated carbocycles. The quantitative estimate of drug-likeness (QED) is 0.294. The van der Waals surface area contributed by atoms with Crippen LogP contribution in [0.25, 0.3) is 0 Å². The average molecular weight is 660 g/mol. The number of alkyl halides is 6. The molecule has 0 radical (unpaired) electrons. The molecule has 1 aromatic heterocycles. The van der Waals surface area contributed by atoms with Crippen molar-refractivity contribution in [3.05, 3.63) is 69.2 Å². The van der Waals surface area contributed by atoms with E-state index in [1.807, 2.05) is 0 Å². The number of amides is 2. The van der Waals surface area contributed by atoms with Crippen LogP contribution < -0.4 is 4.90 Å². The van der Waals surface area contributed by atoms with Crippen LogP contribution >= 0.6 is 15.9 Å². The molecule has 0 aliphatic carbocycles. The van der Waals surface area contributed by atoms with Crippen LogP contribution in [0.15, 0.2) is 57.0 Å². The minimum atomic E-state index is -6.33. The Hall–Kier alpha value is -3.25. The van der Waals surface area contributed by atoms with Gasteiger partial charge in [0.1, 0.15) is 0 Å². The van der Waals surface area contributed by atoms with E-state index >= 15 is 0 Å². The zero-order valence-electron chi connectivity index (χ0n) is 19.0. The normalized spacial score (nSPS) is 14.7.